The molecule has 0 radical (unpaired) electrons. The summed E-state index contributed by atoms with van der Waals surface area (Å²) in [6.45, 7) is 0.993. The van der Waals surface area contributed by atoms with Gasteiger partial charge in [0.15, 0.2) is 5.82 Å². The first-order chi connectivity index (χ1) is 16.1. The number of aryl methyl sites for hydroxylation is 2. The highest BCUT2D eigenvalue weighted by Crippen LogP contribution is 2.30. The van der Waals surface area contributed by atoms with Crippen LogP contribution in [0.3, 0.4) is 0 Å². The van der Waals surface area contributed by atoms with Gasteiger partial charge in [-0.3, -0.25) is 13.9 Å². The number of amides is 1. The maximum absolute atomic E-state index is 13.4. The van der Waals surface area contributed by atoms with Crippen molar-refractivity contribution in [2.24, 2.45) is 7.05 Å². The zero-order valence-corrected chi connectivity index (χ0v) is 18.7. The molecule has 0 spiro atoms. The van der Waals surface area contributed by atoms with E-state index in [2.05, 4.69) is 10.1 Å². The van der Waals surface area contributed by atoms with Crippen LogP contribution in [0.4, 0.5) is 0 Å². The maximum Gasteiger partial charge on any atom is 0.328 e. The summed E-state index contributed by atoms with van der Waals surface area (Å²) in [6.07, 6.45) is 4.06. The lowest BCUT2D eigenvalue weighted by atomic mass is 10.1. The summed E-state index contributed by atoms with van der Waals surface area (Å²) in [5.41, 5.74) is 2.46. The fraction of sp³-hybridized carbons (Fsp3) is 0.360. The van der Waals surface area contributed by atoms with Gasteiger partial charge in [-0.15, -0.1) is 0 Å². The van der Waals surface area contributed by atoms with Crippen LogP contribution in [0.2, 0.25) is 0 Å². The number of rotatable bonds is 5. The van der Waals surface area contributed by atoms with E-state index in [4.69, 9.17) is 4.52 Å². The lowest BCUT2D eigenvalue weighted by molar-refractivity contribution is -0.134. The predicted molar refractivity (Wildman–Crippen MR) is 124 cm³/mol. The molecular formula is C25H27N5O3. The van der Waals surface area contributed by atoms with Gasteiger partial charge in [0.25, 0.3) is 5.89 Å². The van der Waals surface area contributed by atoms with Gasteiger partial charge in [-0.2, -0.15) is 4.98 Å². The topological polar surface area (TPSA) is 86.2 Å². The van der Waals surface area contributed by atoms with Crippen molar-refractivity contribution in [3.8, 4) is 11.5 Å². The predicted octanol–water partition coefficient (Wildman–Crippen LogP) is 3.92. The monoisotopic (exact) mass is 445 g/mol. The summed E-state index contributed by atoms with van der Waals surface area (Å²) in [6, 6.07) is 17.1. The number of benzene rings is 2. The zero-order valence-electron chi connectivity index (χ0n) is 18.7. The maximum atomic E-state index is 13.4. The number of aromatic nitrogens is 4. The lowest BCUT2D eigenvalue weighted by Gasteiger charge is -2.28. The fourth-order valence-corrected chi connectivity index (χ4v) is 4.67. The second kappa shape index (κ2) is 9.05. The summed E-state index contributed by atoms with van der Waals surface area (Å²) in [4.78, 5) is 32.6. The van der Waals surface area contributed by atoms with Crippen LogP contribution in [0.25, 0.3) is 22.5 Å². The Kier molecular flexibility index (Phi) is 5.81. The first-order valence-electron chi connectivity index (χ1n) is 11.5. The molecule has 0 saturated carbocycles. The number of hydrogen-bond acceptors (Lipinski definition) is 5. The fourth-order valence-electron chi connectivity index (χ4n) is 4.67. The Balaban J connectivity index is 1.37. The molecule has 0 unspecified atom stereocenters. The Morgan fingerprint density at radius 1 is 1.03 bits per heavy atom. The van der Waals surface area contributed by atoms with E-state index in [-0.39, 0.29) is 24.1 Å². The molecule has 1 fully saturated rings. The van der Waals surface area contributed by atoms with Crippen LogP contribution in [0.5, 0.6) is 0 Å². The SMILES string of the molecule is Cn1c(=O)n(CCC(=O)N2CCCCC[C@@H]2c2noc(-c3ccccc3)n2)c2ccccc21. The number of para-hydroxylation sites is 2. The summed E-state index contributed by atoms with van der Waals surface area (Å²) < 4.78 is 8.83. The summed E-state index contributed by atoms with van der Waals surface area (Å²) >= 11 is 0. The van der Waals surface area contributed by atoms with Crippen LogP contribution >= 0.6 is 0 Å². The van der Waals surface area contributed by atoms with Gasteiger partial charge in [-0.05, 0) is 37.1 Å². The van der Waals surface area contributed by atoms with Gasteiger partial charge in [-0.25, -0.2) is 4.79 Å². The van der Waals surface area contributed by atoms with Gasteiger partial charge in [0.2, 0.25) is 5.91 Å². The van der Waals surface area contributed by atoms with Crippen molar-refractivity contribution in [1.82, 2.24) is 24.2 Å². The van der Waals surface area contributed by atoms with E-state index < -0.39 is 0 Å². The van der Waals surface area contributed by atoms with Gasteiger partial charge in [0, 0.05) is 32.1 Å². The Hall–Kier alpha value is -3.68. The smallest absolute Gasteiger partial charge is 0.328 e. The van der Waals surface area contributed by atoms with Crippen LogP contribution < -0.4 is 5.69 Å². The summed E-state index contributed by atoms with van der Waals surface area (Å²) in [5, 5.41) is 4.23. The molecule has 1 saturated heterocycles. The number of imidazole rings is 1. The normalized spacial score (nSPS) is 16.8. The third kappa shape index (κ3) is 4.08. The number of nitrogens with zero attached hydrogens (tertiary/aromatic N) is 5. The Morgan fingerprint density at radius 3 is 2.61 bits per heavy atom. The van der Waals surface area contributed by atoms with Crippen LogP contribution in [-0.4, -0.2) is 36.6 Å². The average molecular weight is 446 g/mol. The minimum Gasteiger partial charge on any atom is -0.334 e. The van der Waals surface area contributed by atoms with Crippen molar-refractivity contribution in [3.63, 3.8) is 0 Å². The minimum atomic E-state index is -0.217. The largest absolute Gasteiger partial charge is 0.334 e. The summed E-state index contributed by atoms with van der Waals surface area (Å²) in [5.74, 6) is 1.02. The first kappa shape index (κ1) is 21.2. The molecular weight excluding hydrogens is 418 g/mol. The van der Waals surface area contributed by atoms with Gasteiger partial charge >= 0.3 is 5.69 Å². The van der Waals surface area contributed by atoms with E-state index >= 15 is 0 Å². The molecule has 2 aromatic heterocycles. The lowest BCUT2D eigenvalue weighted by Crippen LogP contribution is -2.36. The molecule has 5 rings (SSSR count). The van der Waals surface area contributed by atoms with E-state index in [1.54, 1.807) is 16.2 Å². The molecule has 0 bridgehead atoms. The quantitative estimate of drug-likeness (QED) is 0.465. The van der Waals surface area contributed by atoms with Crippen molar-refractivity contribution < 1.29 is 9.32 Å². The Labute approximate surface area is 191 Å². The highest BCUT2D eigenvalue weighted by atomic mass is 16.5. The number of carbonyl (C=O) groups is 1. The zero-order chi connectivity index (χ0) is 22.8. The Morgan fingerprint density at radius 2 is 1.79 bits per heavy atom. The molecule has 1 atom stereocenters. The molecule has 0 N–H and O–H groups in total. The second-order valence-electron chi connectivity index (χ2n) is 8.51. The molecule has 33 heavy (non-hydrogen) atoms. The molecule has 1 amide bonds. The summed E-state index contributed by atoms with van der Waals surface area (Å²) in [7, 11) is 1.76. The minimum absolute atomic E-state index is 0.00722. The third-order valence-corrected chi connectivity index (χ3v) is 6.43. The number of hydrogen-bond donors (Lipinski definition) is 0. The van der Waals surface area contributed by atoms with Crippen molar-refractivity contribution in [2.75, 3.05) is 6.54 Å². The first-order valence-corrected chi connectivity index (χ1v) is 11.5. The third-order valence-electron chi connectivity index (χ3n) is 6.43. The van der Waals surface area contributed by atoms with E-state index in [9.17, 15) is 9.59 Å². The van der Waals surface area contributed by atoms with Crippen molar-refractivity contribution >= 4 is 16.9 Å². The van der Waals surface area contributed by atoms with E-state index in [0.717, 1.165) is 42.3 Å². The molecule has 2 aromatic carbocycles. The van der Waals surface area contributed by atoms with Crippen LogP contribution in [-0.2, 0) is 18.4 Å². The molecule has 0 aliphatic carbocycles. The number of carbonyl (C=O) groups excluding carboxylic acids is 1. The highest BCUT2D eigenvalue weighted by molar-refractivity contribution is 5.78. The van der Waals surface area contributed by atoms with Crippen molar-refractivity contribution in [1.29, 1.82) is 0 Å². The molecule has 1 aliphatic rings. The van der Waals surface area contributed by atoms with Crippen LogP contribution in [0.15, 0.2) is 63.9 Å². The van der Waals surface area contributed by atoms with Crippen LogP contribution in [0.1, 0.15) is 44.0 Å². The average Bonchev–Trinajstić information content (AvgIpc) is 3.33. The molecule has 1 aliphatic heterocycles. The molecule has 170 valence electrons. The van der Waals surface area contributed by atoms with E-state index in [1.807, 2.05) is 59.5 Å². The molecule has 8 heteroatoms. The molecule has 3 heterocycles. The van der Waals surface area contributed by atoms with Crippen LogP contribution in [0, 0.1) is 0 Å². The van der Waals surface area contributed by atoms with Gasteiger partial charge < -0.3 is 9.42 Å². The highest BCUT2D eigenvalue weighted by Gasteiger charge is 2.30. The van der Waals surface area contributed by atoms with Gasteiger partial charge in [0.1, 0.15) is 0 Å². The van der Waals surface area contributed by atoms with E-state index in [0.29, 0.717) is 24.8 Å². The van der Waals surface area contributed by atoms with Crippen molar-refractivity contribution in [3.05, 3.63) is 70.9 Å². The number of fused-ring (bicyclic) bond motifs is 1. The molecule has 4 aromatic rings. The van der Waals surface area contributed by atoms with Crippen molar-refractivity contribution in [2.45, 2.75) is 44.7 Å². The van der Waals surface area contributed by atoms with Gasteiger partial charge in [-0.1, -0.05) is 48.3 Å². The Bertz CT molecular complexity index is 1320. The standard InChI is InChI=1S/C25H27N5O3/c1-28-19-12-7-8-13-20(19)30(25(28)32)17-15-22(31)29-16-9-3-6-14-21(29)23-26-24(33-27-23)18-10-4-2-5-11-18/h2,4-5,7-8,10-13,21H,3,6,9,14-17H2,1H3/t21-/m1/s1. The molecule has 8 nitrogen and oxygen atoms in total. The van der Waals surface area contributed by atoms with Gasteiger partial charge in [0.05, 0.1) is 17.1 Å². The second-order valence-corrected chi connectivity index (χ2v) is 8.51. The van der Waals surface area contributed by atoms with E-state index in [1.165, 1.54) is 0 Å². The number of likely N-dealkylation sites (tertiary alicyclic amines) is 1.